The number of hydrogen-bond acceptors (Lipinski definition) is 3. The third-order valence-corrected chi connectivity index (χ3v) is 3.48. The predicted octanol–water partition coefficient (Wildman–Crippen LogP) is 3.32. The summed E-state index contributed by atoms with van der Waals surface area (Å²) in [5.41, 5.74) is 3.38. The van der Waals surface area contributed by atoms with E-state index in [1.54, 1.807) is 0 Å². The van der Waals surface area contributed by atoms with E-state index in [1.807, 2.05) is 0 Å². The molecule has 0 aromatic heterocycles. The van der Waals surface area contributed by atoms with E-state index in [9.17, 15) is 5.11 Å². The lowest BCUT2D eigenvalue weighted by atomic mass is 9.78. The Kier molecular flexibility index (Phi) is 5.46. The van der Waals surface area contributed by atoms with Crippen LogP contribution < -0.4 is 4.74 Å². The van der Waals surface area contributed by atoms with Crippen LogP contribution in [0.2, 0.25) is 0 Å². The summed E-state index contributed by atoms with van der Waals surface area (Å²) in [5.74, 6) is 0.841. The Morgan fingerprint density at radius 3 is 1.76 bits per heavy atom. The molecular weight excluding hydrogens is 264 g/mol. The molecular formula is C18H30O3. The molecule has 1 atom stereocenters. The molecule has 0 aliphatic heterocycles. The predicted molar refractivity (Wildman–Crippen MR) is 87.2 cm³/mol. The standard InChI is InChI=1S/C18H30O3/c1-12-8-14(17(2,3)4)16(21-11-13(20)10-19)15(9-12)18(5,6)7/h8-9,13,19-20H,10-11H2,1-7H3. The van der Waals surface area contributed by atoms with Crippen molar-refractivity contribution in [2.45, 2.75) is 65.4 Å². The highest BCUT2D eigenvalue weighted by Crippen LogP contribution is 2.40. The quantitative estimate of drug-likeness (QED) is 0.895. The van der Waals surface area contributed by atoms with Crippen LogP contribution in [0.1, 0.15) is 58.2 Å². The van der Waals surface area contributed by atoms with Crippen molar-refractivity contribution < 1.29 is 14.9 Å². The molecule has 0 saturated carbocycles. The second-order valence-electron chi connectivity index (χ2n) is 7.84. The van der Waals surface area contributed by atoms with Gasteiger partial charge in [0.2, 0.25) is 0 Å². The fourth-order valence-corrected chi connectivity index (χ4v) is 2.28. The maximum atomic E-state index is 9.59. The number of aliphatic hydroxyl groups is 2. The first-order valence-electron chi connectivity index (χ1n) is 7.54. The fraction of sp³-hybridized carbons (Fsp3) is 0.667. The lowest BCUT2D eigenvalue weighted by Gasteiger charge is -2.30. The van der Waals surface area contributed by atoms with Gasteiger partial charge < -0.3 is 14.9 Å². The number of aryl methyl sites for hydroxylation is 1. The molecule has 21 heavy (non-hydrogen) atoms. The normalized spacial score (nSPS) is 14.1. The Morgan fingerprint density at radius 1 is 1.00 bits per heavy atom. The molecule has 0 radical (unpaired) electrons. The minimum Gasteiger partial charge on any atom is -0.490 e. The van der Waals surface area contributed by atoms with Gasteiger partial charge in [-0.1, -0.05) is 59.2 Å². The highest BCUT2D eigenvalue weighted by molar-refractivity contribution is 5.50. The molecule has 1 aromatic carbocycles. The van der Waals surface area contributed by atoms with Crippen molar-refractivity contribution in [1.29, 1.82) is 0 Å². The van der Waals surface area contributed by atoms with Gasteiger partial charge in [-0.05, 0) is 17.8 Å². The molecule has 0 aliphatic carbocycles. The number of benzene rings is 1. The Bertz CT molecular complexity index is 443. The number of aliphatic hydroxyl groups excluding tert-OH is 2. The largest absolute Gasteiger partial charge is 0.490 e. The summed E-state index contributed by atoms with van der Waals surface area (Å²) in [6, 6.07) is 4.30. The second kappa shape index (κ2) is 6.37. The van der Waals surface area contributed by atoms with Crippen LogP contribution in [-0.4, -0.2) is 29.5 Å². The maximum absolute atomic E-state index is 9.59. The van der Waals surface area contributed by atoms with E-state index in [2.05, 4.69) is 60.6 Å². The fourth-order valence-electron chi connectivity index (χ4n) is 2.28. The van der Waals surface area contributed by atoms with E-state index in [0.29, 0.717) is 0 Å². The van der Waals surface area contributed by atoms with Gasteiger partial charge in [-0.3, -0.25) is 0 Å². The number of hydrogen-bond donors (Lipinski definition) is 2. The lowest BCUT2D eigenvalue weighted by molar-refractivity contribution is 0.0524. The first kappa shape index (κ1) is 18.0. The van der Waals surface area contributed by atoms with Crippen molar-refractivity contribution in [3.8, 4) is 5.75 Å². The van der Waals surface area contributed by atoms with Gasteiger partial charge in [-0.15, -0.1) is 0 Å². The van der Waals surface area contributed by atoms with Crippen molar-refractivity contribution in [2.24, 2.45) is 0 Å². The van der Waals surface area contributed by atoms with E-state index in [4.69, 9.17) is 9.84 Å². The molecule has 120 valence electrons. The molecule has 1 aromatic rings. The van der Waals surface area contributed by atoms with Gasteiger partial charge in [0.1, 0.15) is 18.5 Å². The van der Waals surface area contributed by atoms with Crippen LogP contribution in [0.25, 0.3) is 0 Å². The Labute approximate surface area is 129 Å². The van der Waals surface area contributed by atoms with E-state index >= 15 is 0 Å². The van der Waals surface area contributed by atoms with Crippen LogP contribution in [0.15, 0.2) is 12.1 Å². The van der Waals surface area contributed by atoms with Crippen molar-refractivity contribution in [3.05, 3.63) is 28.8 Å². The Morgan fingerprint density at radius 2 is 1.43 bits per heavy atom. The summed E-state index contributed by atoms with van der Waals surface area (Å²) in [4.78, 5) is 0. The summed E-state index contributed by atoms with van der Waals surface area (Å²) in [5, 5.41) is 18.6. The highest BCUT2D eigenvalue weighted by Gasteiger charge is 2.27. The van der Waals surface area contributed by atoms with E-state index in [1.165, 1.54) is 5.56 Å². The molecule has 3 heteroatoms. The molecule has 3 nitrogen and oxygen atoms in total. The first-order chi connectivity index (χ1) is 9.46. The lowest BCUT2D eigenvalue weighted by Crippen LogP contribution is -2.25. The smallest absolute Gasteiger partial charge is 0.126 e. The molecule has 0 bridgehead atoms. The molecule has 0 fully saturated rings. The Hall–Kier alpha value is -1.06. The van der Waals surface area contributed by atoms with Crippen molar-refractivity contribution >= 4 is 0 Å². The molecule has 0 amide bonds. The minimum atomic E-state index is -0.855. The van der Waals surface area contributed by atoms with E-state index in [0.717, 1.165) is 16.9 Å². The summed E-state index contributed by atoms with van der Waals surface area (Å²) in [7, 11) is 0. The van der Waals surface area contributed by atoms with Crippen LogP contribution in [0.5, 0.6) is 5.75 Å². The topological polar surface area (TPSA) is 49.7 Å². The molecule has 1 rings (SSSR count). The summed E-state index contributed by atoms with van der Waals surface area (Å²) >= 11 is 0. The zero-order valence-electron chi connectivity index (χ0n) is 14.4. The molecule has 0 spiro atoms. The van der Waals surface area contributed by atoms with Gasteiger partial charge in [0.15, 0.2) is 0 Å². The first-order valence-corrected chi connectivity index (χ1v) is 7.54. The summed E-state index contributed by atoms with van der Waals surface area (Å²) in [6.07, 6.45) is -0.855. The SMILES string of the molecule is Cc1cc(C(C)(C)C)c(OCC(O)CO)c(C(C)(C)C)c1. The number of ether oxygens (including phenoxy) is 1. The zero-order chi connectivity index (χ0) is 16.4. The van der Waals surface area contributed by atoms with Crippen molar-refractivity contribution in [1.82, 2.24) is 0 Å². The van der Waals surface area contributed by atoms with Crippen molar-refractivity contribution in [3.63, 3.8) is 0 Å². The van der Waals surface area contributed by atoms with Gasteiger partial charge in [-0.25, -0.2) is 0 Å². The Balaban J connectivity index is 3.39. The van der Waals surface area contributed by atoms with Gasteiger partial charge in [-0.2, -0.15) is 0 Å². The van der Waals surface area contributed by atoms with Gasteiger partial charge >= 0.3 is 0 Å². The van der Waals surface area contributed by atoms with Gasteiger partial charge in [0.25, 0.3) is 0 Å². The van der Waals surface area contributed by atoms with Crippen LogP contribution in [-0.2, 0) is 10.8 Å². The zero-order valence-corrected chi connectivity index (χ0v) is 14.4. The third kappa shape index (κ3) is 4.72. The van der Waals surface area contributed by atoms with Crippen molar-refractivity contribution in [2.75, 3.05) is 13.2 Å². The summed E-state index contributed by atoms with van der Waals surface area (Å²) in [6.45, 7) is 14.8. The molecule has 0 heterocycles. The van der Waals surface area contributed by atoms with Crippen LogP contribution >= 0.6 is 0 Å². The summed E-state index contributed by atoms with van der Waals surface area (Å²) < 4.78 is 5.92. The van der Waals surface area contributed by atoms with Crippen LogP contribution in [0.4, 0.5) is 0 Å². The highest BCUT2D eigenvalue weighted by atomic mass is 16.5. The minimum absolute atomic E-state index is 0.0501. The van der Waals surface area contributed by atoms with Crippen LogP contribution in [0.3, 0.4) is 0 Å². The number of rotatable bonds is 4. The molecule has 1 unspecified atom stereocenters. The monoisotopic (exact) mass is 294 g/mol. The average molecular weight is 294 g/mol. The van der Waals surface area contributed by atoms with Gasteiger partial charge in [0.05, 0.1) is 6.61 Å². The molecule has 0 saturated heterocycles. The third-order valence-electron chi connectivity index (χ3n) is 3.48. The van der Waals surface area contributed by atoms with E-state index < -0.39 is 6.10 Å². The maximum Gasteiger partial charge on any atom is 0.126 e. The van der Waals surface area contributed by atoms with E-state index in [-0.39, 0.29) is 24.0 Å². The average Bonchev–Trinajstić information content (AvgIpc) is 2.33. The van der Waals surface area contributed by atoms with Crippen LogP contribution in [0, 0.1) is 6.92 Å². The second-order valence-corrected chi connectivity index (χ2v) is 7.84. The molecule has 0 aliphatic rings. The molecule has 2 N–H and O–H groups in total. The van der Waals surface area contributed by atoms with Gasteiger partial charge in [0, 0.05) is 11.1 Å².